The number of halogens is 3. The molecule has 0 aromatic heterocycles. The van der Waals surface area contributed by atoms with E-state index in [1.165, 1.54) is 49.3 Å². The first kappa shape index (κ1) is 34.4. The summed E-state index contributed by atoms with van der Waals surface area (Å²) in [6.45, 7) is 1.61. The Hall–Kier alpha value is -5.45. The molecule has 2 amide bonds. The molecule has 4 aromatic carbocycles. The Kier molecular flexibility index (Phi) is 11.1. The van der Waals surface area contributed by atoms with Crippen LogP contribution in [0.25, 0.3) is 11.1 Å². The van der Waals surface area contributed by atoms with Gasteiger partial charge < -0.3 is 19.7 Å². The minimum absolute atomic E-state index is 0.106. The van der Waals surface area contributed by atoms with Gasteiger partial charge in [0.05, 0.1) is 29.8 Å². The molecule has 0 spiro atoms. The number of nitrogens with one attached hydrogen (secondary N) is 1. The zero-order valence-corrected chi connectivity index (χ0v) is 26.0. The Bertz CT molecular complexity index is 1740. The van der Waals surface area contributed by atoms with E-state index in [-0.39, 0.29) is 36.4 Å². The van der Waals surface area contributed by atoms with Crippen LogP contribution in [-0.2, 0) is 31.7 Å². The Labute approximate surface area is 270 Å². The SMILES string of the molecule is CCOC(=O)C(COC(=O)Cc1ccc(NC(=O)c2ccccc2-c2ccc(C(F)(F)F)cc2)c(C(=O)N(C)C)c1)c1ccccc1. The summed E-state index contributed by atoms with van der Waals surface area (Å²) in [4.78, 5) is 53.3. The number of carbonyl (C=O) groups is 4. The average molecular weight is 647 g/mol. The van der Waals surface area contributed by atoms with Gasteiger partial charge in [0.25, 0.3) is 11.8 Å². The van der Waals surface area contributed by atoms with Gasteiger partial charge in [-0.1, -0.05) is 66.7 Å². The second kappa shape index (κ2) is 15.2. The van der Waals surface area contributed by atoms with Crippen LogP contribution >= 0.6 is 0 Å². The molecule has 0 aliphatic carbocycles. The van der Waals surface area contributed by atoms with Crippen LogP contribution in [0, 0.1) is 0 Å². The number of rotatable bonds is 11. The minimum atomic E-state index is -4.50. The third-order valence-corrected chi connectivity index (χ3v) is 7.20. The Morgan fingerprint density at radius 1 is 0.809 bits per heavy atom. The Balaban J connectivity index is 1.53. The highest BCUT2D eigenvalue weighted by atomic mass is 19.4. The molecular formula is C36H33F3N2O6. The molecule has 0 aliphatic heterocycles. The molecule has 11 heteroatoms. The van der Waals surface area contributed by atoms with Crippen molar-refractivity contribution < 1.29 is 41.8 Å². The van der Waals surface area contributed by atoms with E-state index in [0.29, 0.717) is 22.3 Å². The van der Waals surface area contributed by atoms with Crippen LogP contribution in [0.3, 0.4) is 0 Å². The fraction of sp³-hybridized carbons (Fsp3) is 0.222. The van der Waals surface area contributed by atoms with Crippen LogP contribution in [0.5, 0.6) is 0 Å². The molecule has 0 aliphatic rings. The van der Waals surface area contributed by atoms with Crippen molar-refractivity contribution in [2.45, 2.75) is 25.4 Å². The predicted molar refractivity (Wildman–Crippen MR) is 170 cm³/mol. The van der Waals surface area contributed by atoms with Crippen LogP contribution in [0.4, 0.5) is 18.9 Å². The molecule has 4 rings (SSSR count). The normalized spacial score (nSPS) is 11.7. The standard InChI is InChI=1S/C36H33F3N2O6/c1-4-46-35(45)30(24-10-6-5-7-11-24)22-47-32(42)21-23-14-19-31(29(20-23)34(44)41(2)3)40-33(43)28-13-9-8-12-27(28)25-15-17-26(18-16-25)36(37,38)39/h5-20,30H,4,21-22H2,1-3H3,(H,40,43). The van der Waals surface area contributed by atoms with Crippen LogP contribution in [0.1, 0.15) is 50.2 Å². The highest BCUT2D eigenvalue weighted by molar-refractivity contribution is 6.11. The van der Waals surface area contributed by atoms with Gasteiger partial charge in [0.15, 0.2) is 0 Å². The maximum atomic E-state index is 13.5. The van der Waals surface area contributed by atoms with Crippen molar-refractivity contribution in [3.05, 3.63) is 125 Å². The predicted octanol–water partition coefficient (Wildman–Crippen LogP) is 6.76. The van der Waals surface area contributed by atoms with Crippen molar-refractivity contribution in [2.24, 2.45) is 0 Å². The van der Waals surface area contributed by atoms with E-state index in [1.54, 1.807) is 61.5 Å². The Morgan fingerprint density at radius 2 is 1.47 bits per heavy atom. The van der Waals surface area contributed by atoms with Crippen molar-refractivity contribution in [3.63, 3.8) is 0 Å². The van der Waals surface area contributed by atoms with Crippen molar-refractivity contribution >= 4 is 29.4 Å². The van der Waals surface area contributed by atoms with Crippen molar-refractivity contribution in [2.75, 3.05) is 32.6 Å². The molecular weight excluding hydrogens is 613 g/mol. The number of carbonyl (C=O) groups excluding carboxylic acids is 4. The number of nitrogens with zero attached hydrogens (tertiary/aromatic N) is 1. The van der Waals surface area contributed by atoms with Crippen LogP contribution in [0.2, 0.25) is 0 Å². The number of esters is 2. The van der Waals surface area contributed by atoms with Gasteiger partial charge in [-0.25, -0.2) is 0 Å². The quantitative estimate of drug-likeness (QED) is 0.181. The van der Waals surface area contributed by atoms with E-state index >= 15 is 0 Å². The van der Waals surface area contributed by atoms with Crippen LogP contribution < -0.4 is 5.32 Å². The van der Waals surface area contributed by atoms with Crippen molar-refractivity contribution in [1.82, 2.24) is 4.90 Å². The van der Waals surface area contributed by atoms with Gasteiger partial charge in [0.2, 0.25) is 0 Å². The largest absolute Gasteiger partial charge is 0.465 e. The first-order chi connectivity index (χ1) is 22.4. The molecule has 0 fully saturated rings. The highest BCUT2D eigenvalue weighted by Crippen LogP contribution is 2.32. The third-order valence-electron chi connectivity index (χ3n) is 7.20. The summed E-state index contributed by atoms with van der Waals surface area (Å²) in [7, 11) is 3.07. The summed E-state index contributed by atoms with van der Waals surface area (Å²) in [5, 5.41) is 2.74. The van der Waals surface area contributed by atoms with E-state index in [2.05, 4.69) is 5.32 Å². The maximum Gasteiger partial charge on any atom is 0.416 e. The van der Waals surface area contributed by atoms with Gasteiger partial charge in [-0.05, 0) is 59.5 Å². The van der Waals surface area contributed by atoms with Crippen molar-refractivity contribution in [1.29, 1.82) is 0 Å². The van der Waals surface area contributed by atoms with Gasteiger partial charge >= 0.3 is 18.1 Å². The minimum Gasteiger partial charge on any atom is -0.465 e. The summed E-state index contributed by atoms with van der Waals surface area (Å²) in [6.07, 6.45) is -4.72. The second-order valence-corrected chi connectivity index (χ2v) is 10.7. The topological polar surface area (TPSA) is 102 Å². The van der Waals surface area contributed by atoms with E-state index in [1.807, 2.05) is 0 Å². The lowest BCUT2D eigenvalue weighted by Crippen LogP contribution is -2.25. The maximum absolute atomic E-state index is 13.5. The fourth-order valence-electron chi connectivity index (χ4n) is 4.81. The number of alkyl halides is 3. The molecule has 0 heterocycles. The number of ether oxygens (including phenoxy) is 2. The number of hydrogen-bond acceptors (Lipinski definition) is 6. The lowest BCUT2D eigenvalue weighted by atomic mass is 9.97. The molecule has 47 heavy (non-hydrogen) atoms. The van der Waals surface area contributed by atoms with Gasteiger partial charge in [0.1, 0.15) is 12.5 Å². The molecule has 8 nitrogen and oxygen atoms in total. The fourth-order valence-corrected chi connectivity index (χ4v) is 4.81. The van der Waals surface area contributed by atoms with Crippen LogP contribution in [0.15, 0.2) is 97.1 Å². The molecule has 0 radical (unpaired) electrons. The third kappa shape index (κ3) is 8.84. The van der Waals surface area contributed by atoms with Crippen molar-refractivity contribution in [3.8, 4) is 11.1 Å². The first-order valence-corrected chi connectivity index (χ1v) is 14.7. The summed E-state index contributed by atoms with van der Waals surface area (Å²) in [5.74, 6) is -3.01. The second-order valence-electron chi connectivity index (χ2n) is 10.7. The Morgan fingerprint density at radius 3 is 2.11 bits per heavy atom. The zero-order chi connectivity index (χ0) is 34.1. The first-order valence-electron chi connectivity index (χ1n) is 14.7. The molecule has 0 saturated heterocycles. The molecule has 0 saturated carbocycles. The van der Waals surface area contributed by atoms with E-state index in [4.69, 9.17) is 9.47 Å². The summed E-state index contributed by atoms with van der Waals surface area (Å²) >= 11 is 0. The molecule has 244 valence electrons. The summed E-state index contributed by atoms with van der Waals surface area (Å²) in [6, 6.07) is 24.2. The molecule has 1 N–H and O–H groups in total. The van der Waals surface area contributed by atoms with Gasteiger partial charge in [-0.3, -0.25) is 19.2 Å². The zero-order valence-electron chi connectivity index (χ0n) is 26.0. The number of anilines is 1. The lowest BCUT2D eigenvalue weighted by Gasteiger charge is -2.18. The van der Waals surface area contributed by atoms with E-state index in [9.17, 15) is 32.3 Å². The monoisotopic (exact) mass is 646 g/mol. The van der Waals surface area contributed by atoms with E-state index in [0.717, 1.165) is 12.1 Å². The van der Waals surface area contributed by atoms with E-state index < -0.39 is 41.4 Å². The number of hydrogen-bond donors (Lipinski definition) is 1. The molecule has 1 unspecified atom stereocenters. The smallest absolute Gasteiger partial charge is 0.416 e. The lowest BCUT2D eigenvalue weighted by molar-refractivity contribution is -0.150. The molecule has 1 atom stereocenters. The van der Waals surface area contributed by atoms with Gasteiger partial charge in [0, 0.05) is 19.7 Å². The number of amides is 2. The molecule has 4 aromatic rings. The van der Waals surface area contributed by atoms with Gasteiger partial charge in [-0.15, -0.1) is 0 Å². The van der Waals surface area contributed by atoms with Gasteiger partial charge in [-0.2, -0.15) is 13.2 Å². The summed E-state index contributed by atoms with van der Waals surface area (Å²) in [5.41, 5.74) is 1.50. The average Bonchev–Trinajstić information content (AvgIpc) is 3.05. The van der Waals surface area contributed by atoms with Crippen LogP contribution in [-0.4, -0.2) is 56.0 Å². The number of benzene rings is 4. The highest BCUT2D eigenvalue weighted by Gasteiger charge is 2.30. The summed E-state index contributed by atoms with van der Waals surface area (Å²) < 4.78 is 49.8. The molecule has 0 bridgehead atoms.